The van der Waals surface area contributed by atoms with Gasteiger partial charge in [0.05, 0.1) is 5.39 Å². The molecule has 1 nitrogen and oxygen atoms in total. The molecule has 0 heterocycles. The minimum absolute atomic E-state index is 0.0918. The molecular weight excluding hydrogens is 433 g/mol. The van der Waals surface area contributed by atoms with Crippen LogP contribution in [-0.2, 0) is 0 Å². The first-order chi connectivity index (χ1) is 16.5. The predicted molar refractivity (Wildman–Crippen MR) is 134 cm³/mol. The molecule has 0 bridgehead atoms. The summed E-state index contributed by atoms with van der Waals surface area (Å²) in [6.07, 6.45) is 16.5. The number of hydrogen-bond donors (Lipinski definition) is 0. The van der Waals surface area contributed by atoms with Crippen molar-refractivity contribution in [2.75, 3.05) is 6.61 Å². The first kappa shape index (κ1) is 25.1. The Morgan fingerprint density at radius 1 is 0.912 bits per heavy atom. The summed E-state index contributed by atoms with van der Waals surface area (Å²) < 4.78 is 51.2. The van der Waals surface area contributed by atoms with Crippen LogP contribution >= 0.6 is 0 Å². The Labute approximate surface area is 202 Å². The topological polar surface area (TPSA) is 9.23 Å². The Kier molecular flexibility index (Phi) is 8.60. The van der Waals surface area contributed by atoms with Gasteiger partial charge in [-0.3, -0.25) is 0 Å². The molecule has 0 radical (unpaired) electrons. The average molecular weight is 473 g/mol. The van der Waals surface area contributed by atoms with E-state index in [1.54, 1.807) is 6.08 Å². The third kappa shape index (κ3) is 5.63. The number of unbranched alkanes of at least 4 members (excludes halogenated alkanes) is 3. The number of rotatable bonds is 9. The lowest BCUT2D eigenvalue weighted by Crippen LogP contribution is -2.31. The van der Waals surface area contributed by atoms with Crippen LogP contribution in [0.3, 0.4) is 0 Å². The predicted octanol–water partition coefficient (Wildman–Crippen LogP) is 9.48. The van der Waals surface area contributed by atoms with E-state index in [4.69, 9.17) is 4.74 Å². The molecule has 4 unspecified atom stereocenters. The number of fused-ring (bicyclic) bond motifs is 2. The fraction of sp³-hybridized carbons (Fsp3) is 0.600. The molecule has 2 aliphatic carbocycles. The van der Waals surface area contributed by atoms with Crippen LogP contribution in [-0.4, -0.2) is 6.61 Å². The monoisotopic (exact) mass is 472 g/mol. The molecule has 0 spiro atoms. The molecule has 34 heavy (non-hydrogen) atoms. The maximum Gasteiger partial charge on any atom is 0.140 e. The molecule has 0 aliphatic heterocycles. The van der Waals surface area contributed by atoms with E-state index in [1.807, 2.05) is 13.0 Å². The Balaban J connectivity index is 1.47. The highest BCUT2D eigenvalue weighted by molar-refractivity contribution is 5.86. The van der Waals surface area contributed by atoms with Crippen molar-refractivity contribution in [3.8, 4) is 5.75 Å². The molecule has 2 aromatic carbocycles. The first-order valence-corrected chi connectivity index (χ1v) is 13.4. The highest BCUT2D eigenvalue weighted by Gasteiger charge is 2.37. The third-order valence-electron chi connectivity index (χ3n) is 8.27. The summed E-state index contributed by atoms with van der Waals surface area (Å²) in [5.41, 5.74) is 0.0918. The van der Waals surface area contributed by atoms with Gasteiger partial charge in [-0.1, -0.05) is 57.6 Å². The van der Waals surface area contributed by atoms with Crippen LogP contribution in [0.25, 0.3) is 10.8 Å². The zero-order chi connectivity index (χ0) is 24.1. The van der Waals surface area contributed by atoms with E-state index in [0.717, 1.165) is 31.6 Å². The van der Waals surface area contributed by atoms with Gasteiger partial charge in [0, 0.05) is 11.6 Å². The van der Waals surface area contributed by atoms with Crippen LogP contribution in [0.1, 0.15) is 96.0 Å². The van der Waals surface area contributed by atoms with E-state index in [0.29, 0.717) is 11.8 Å². The van der Waals surface area contributed by atoms with E-state index in [-0.39, 0.29) is 34.6 Å². The summed E-state index contributed by atoms with van der Waals surface area (Å²) in [5.74, 6) is 0.182. The second kappa shape index (κ2) is 11.6. The number of halogens is 3. The molecule has 2 aromatic rings. The molecule has 2 fully saturated rings. The lowest BCUT2D eigenvalue weighted by Gasteiger charge is -2.42. The molecule has 4 rings (SSSR count). The van der Waals surface area contributed by atoms with Gasteiger partial charge in [0.15, 0.2) is 0 Å². The quantitative estimate of drug-likeness (QED) is 0.261. The molecule has 2 aliphatic rings. The SMILES string of the molecule is C/C=C/COc1cc(F)c2c(F)c(C3CCC4CC(CCCCCC)CCC4C3)c(F)cc2c1. The van der Waals surface area contributed by atoms with Crippen molar-refractivity contribution in [3.05, 3.63) is 53.4 Å². The second-order valence-corrected chi connectivity index (χ2v) is 10.5. The summed E-state index contributed by atoms with van der Waals surface area (Å²) in [7, 11) is 0. The largest absolute Gasteiger partial charge is 0.489 e. The highest BCUT2D eigenvalue weighted by Crippen LogP contribution is 2.49. The summed E-state index contributed by atoms with van der Waals surface area (Å²) in [4.78, 5) is 0. The smallest absolute Gasteiger partial charge is 0.140 e. The number of hydrogen-bond acceptors (Lipinski definition) is 1. The summed E-state index contributed by atoms with van der Waals surface area (Å²) in [5, 5.41) is 0.0965. The molecular formula is C30H39F3O. The molecule has 4 heteroatoms. The van der Waals surface area contributed by atoms with Crippen molar-refractivity contribution in [3.63, 3.8) is 0 Å². The van der Waals surface area contributed by atoms with E-state index in [1.165, 1.54) is 63.1 Å². The fourth-order valence-corrected chi connectivity index (χ4v) is 6.47. The normalized spacial score (nSPS) is 25.1. The van der Waals surface area contributed by atoms with Crippen molar-refractivity contribution < 1.29 is 17.9 Å². The van der Waals surface area contributed by atoms with Gasteiger partial charge in [-0.05, 0) is 80.2 Å². The second-order valence-electron chi connectivity index (χ2n) is 10.5. The minimum Gasteiger partial charge on any atom is -0.489 e. The average Bonchev–Trinajstić information content (AvgIpc) is 2.81. The maximum absolute atomic E-state index is 15.6. The van der Waals surface area contributed by atoms with Crippen LogP contribution in [0, 0.1) is 35.2 Å². The molecule has 0 amide bonds. The Morgan fingerprint density at radius 3 is 2.50 bits per heavy atom. The lowest BCUT2D eigenvalue weighted by molar-refractivity contribution is 0.111. The van der Waals surface area contributed by atoms with Crippen LogP contribution in [0.15, 0.2) is 30.4 Å². The van der Waals surface area contributed by atoms with Gasteiger partial charge in [-0.25, -0.2) is 13.2 Å². The lowest BCUT2D eigenvalue weighted by atomic mass is 9.63. The Morgan fingerprint density at radius 2 is 1.71 bits per heavy atom. The number of benzene rings is 2. The summed E-state index contributed by atoms with van der Waals surface area (Å²) in [6, 6.07) is 4.02. The fourth-order valence-electron chi connectivity index (χ4n) is 6.47. The van der Waals surface area contributed by atoms with Crippen molar-refractivity contribution in [2.45, 2.75) is 90.4 Å². The first-order valence-electron chi connectivity index (χ1n) is 13.4. The van der Waals surface area contributed by atoms with E-state index in [2.05, 4.69) is 6.92 Å². The van der Waals surface area contributed by atoms with Gasteiger partial charge in [-0.2, -0.15) is 0 Å². The van der Waals surface area contributed by atoms with Gasteiger partial charge in [0.2, 0.25) is 0 Å². The van der Waals surface area contributed by atoms with Crippen LogP contribution < -0.4 is 4.74 Å². The maximum atomic E-state index is 15.6. The number of ether oxygens (including phenoxy) is 1. The zero-order valence-corrected chi connectivity index (χ0v) is 20.7. The van der Waals surface area contributed by atoms with Gasteiger partial charge in [0.25, 0.3) is 0 Å². The van der Waals surface area contributed by atoms with Crippen molar-refractivity contribution in [1.82, 2.24) is 0 Å². The van der Waals surface area contributed by atoms with Gasteiger partial charge >= 0.3 is 0 Å². The van der Waals surface area contributed by atoms with Crippen molar-refractivity contribution in [1.29, 1.82) is 0 Å². The van der Waals surface area contributed by atoms with Gasteiger partial charge < -0.3 is 4.74 Å². The van der Waals surface area contributed by atoms with E-state index < -0.39 is 17.5 Å². The third-order valence-corrected chi connectivity index (χ3v) is 8.27. The van der Waals surface area contributed by atoms with Gasteiger partial charge in [0.1, 0.15) is 29.8 Å². The molecule has 0 aromatic heterocycles. The minimum atomic E-state index is -0.722. The standard InChI is InChI=1S/C30H39F3O/c1-3-5-7-8-9-20-10-11-22-16-23(13-12-21(22)15-20)28-26(31)18-24-17-25(34-14-6-4-2)19-27(32)29(24)30(28)33/h4,6,17-23H,3,5,7-16H2,1-2H3/b6-4+. The number of allylic oxidation sites excluding steroid dienone is 1. The van der Waals surface area contributed by atoms with E-state index in [9.17, 15) is 4.39 Å². The zero-order valence-electron chi connectivity index (χ0n) is 20.7. The molecule has 4 atom stereocenters. The van der Waals surface area contributed by atoms with Crippen molar-refractivity contribution >= 4 is 10.8 Å². The van der Waals surface area contributed by atoms with E-state index >= 15 is 8.78 Å². The molecule has 2 saturated carbocycles. The Bertz CT molecular complexity index is 998. The summed E-state index contributed by atoms with van der Waals surface area (Å²) in [6.45, 7) is 4.40. The molecule has 0 N–H and O–H groups in total. The van der Waals surface area contributed by atoms with Crippen LogP contribution in [0.5, 0.6) is 5.75 Å². The highest BCUT2D eigenvalue weighted by atomic mass is 19.1. The molecule has 186 valence electrons. The molecule has 0 saturated heterocycles. The van der Waals surface area contributed by atoms with Crippen LogP contribution in [0.2, 0.25) is 0 Å². The summed E-state index contributed by atoms with van der Waals surface area (Å²) >= 11 is 0. The van der Waals surface area contributed by atoms with Crippen LogP contribution in [0.4, 0.5) is 13.2 Å². The van der Waals surface area contributed by atoms with Gasteiger partial charge in [-0.15, -0.1) is 0 Å². The van der Waals surface area contributed by atoms with Crippen molar-refractivity contribution in [2.24, 2.45) is 17.8 Å². The Hall–Kier alpha value is -1.97.